The molecular formula is C20H23BrN2O2. The Morgan fingerprint density at radius 1 is 1.24 bits per heavy atom. The van der Waals surface area contributed by atoms with Crippen molar-refractivity contribution >= 4 is 27.5 Å². The summed E-state index contributed by atoms with van der Waals surface area (Å²) in [6.45, 7) is 2.29. The summed E-state index contributed by atoms with van der Waals surface area (Å²) < 4.78 is 6.25. The average molecular weight is 403 g/mol. The third kappa shape index (κ3) is 4.75. The predicted molar refractivity (Wildman–Crippen MR) is 104 cm³/mol. The van der Waals surface area contributed by atoms with E-state index in [9.17, 15) is 4.79 Å². The Bertz CT molecular complexity index is 742. The number of rotatable bonds is 7. The molecule has 0 bridgehead atoms. The van der Waals surface area contributed by atoms with Gasteiger partial charge in [-0.1, -0.05) is 28.1 Å². The Hall–Kier alpha value is -2.01. The number of hydrogen-bond acceptors (Lipinski definition) is 3. The Kier molecular flexibility index (Phi) is 5.63. The molecule has 1 aliphatic carbocycles. The van der Waals surface area contributed by atoms with Crippen LogP contribution in [0.5, 0.6) is 5.75 Å². The van der Waals surface area contributed by atoms with Crippen molar-refractivity contribution in [2.45, 2.75) is 25.8 Å². The lowest BCUT2D eigenvalue weighted by Crippen LogP contribution is -2.34. The fourth-order valence-corrected chi connectivity index (χ4v) is 3.42. The second-order valence-corrected chi connectivity index (χ2v) is 7.38. The zero-order valence-electron chi connectivity index (χ0n) is 14.5. The maximum atomic E-state index is 12.4. The molecule has 132 valence electrons. The molecule has 2 aromatic rings. The van der Waals surface area contributed by atoms with Gasteiger partial charge in [0.05, 0.1) is 19.7 Å². The number of halogens is 1. The molecule has 1 atom stereocenters. The molecule has 3 rings (SSSR count). The van der Waals surface area contributed by atoms with E-state index in [2.05, 4.69) is 26.6 Å². The SMILES string of the molecule is COc1ccc(C(NC(=O)CNc2ccc(Br)cc2C)C2CC2)cc1. The Labute approximate surface area is 157 Å². The van der Waals surface area contributed by atoms with Crippen LogP contribution in [0, 0.1) is 12.8 Å². The zero-order chi connectivity index (χ0) is 17.8. The van der Waals surface area contributed by atoms with Crippen molar-refractivity contribution in [1.82, 2.24) is 5.32 Å². The molecule has 0 radical (unpaired) electrons. The van der Waals surface area contributed by atoms with E-state index < -0.39 is 0 Å². The van der Waals surface area contributed by atoms with Crippen molar-refractivity contribution in [2.75, 3.05) is 19.0 Å². The highest BCUT2D eigenvalue weighted by atomic mass is 79.9. The molecule has 0 saturated heterocycles. The fraction of sp³-hybridized carbons (Fsp3) is 0.350. The second-order valence-electron chi connectivity index (χ2n) is 6.47. The largest absolute Gasteiger partial charge is 0.497 e. The van der Waals surface area contributed by atoms with Gasteiger partial charge >= 0.3 is 0 Å². The molecule has 1 unspecified atom stereocenters. The van der Waals surface area contributed by atoms with Crippen molar-refractivity contribution < 1.29 is 9.53 Å². The second kappa shape index (κ2) is 7.91. The molecular weight excluding hydrogens is 380 g/mol. The topological polar surface area (TPSA) is 50.4 Å². The average Bonchev–Trinajstić information content (AvgIpc) is 3.44. The van der Waals surface area contributed by atoms with Gasteiger partial charge in [-0.2, -0.15) is 0 Å². The van der Waals surface area contributed by atoms with E-state index in [1.165, 1.54) is 0 Å². The number of carbonyl (C=O) groups is 1. The molecule has 2 aromatic carbocycles. The number of carbonyl (C=O) groups excluding carboxylic acids is 1. The van der Waals surface area contributed by atoms with Crippen LogP contribution >= 0.6 is 15.9 Å². The molecule has 2 N–H and O–H groups in total. The highest BCUT2D eigenvalue weighted by molar-refractivity contribution is 9.10. The van der Waals surface area contributed by atoms with Crippen molar-refractivity contribution in [3.8, 4) is 5.75 Å². The first-order valence-electron chi connectivity index (χ1n) is 8.50. The van der Waals surface area contributed by atoms with Gasteiger partial charge < -0.3 is 15.4 Å². The first kappa shape index (κ1) is 17.8. The van der Waals surface area contributed by atoms with Crippen molar-refractivity contribution in [3.63, 3.8) is 0 Å². The number of nitrogens with one attached hydrogen (secondary N) is 2. The van der Waals surface area contributed by atoms with Crippen LogP contribution < -0.4 is 15.4 Å². The minimum absolute atomic E-state index is 0.00929. The van der Waals surface area contributed by atoms with E-state index in [-0.39, 0.29) is 18.5 Å². The molecule has 0 aliphatic heterocycles. The quantitative estimate of drug-likeness (QED) is 0.719. The lowest BCUT2D eigenvalue weighted by Gasteiger charge is -2.20. The van der Waals surface area contributed by atoms with E-state index in [0.717, 1.165) is 39.9 Å². The Morgan fingerprint density at radius 3 is 2.56 bits per heavy atom. The van der Waals surface area contributed by atoms with Crippen LogP contribution in [0.4, 0.5) is 5.69 Å². The first-order valence-corrected chi connectivity index (χ1v) is 9.29. The summed E-state index contributed by atoms with van der Waals surface area (Å²) in [6, 6.07) is 14.0. The van der Waals surface area contributed by atoms with Crippen LogP contribution in [0.3, 0.4) is 0 Å². The van der Waals surface area contributed by atoms with Crippen LogP contribution in [0.2, 0.25) is 0 Å². The van der Waals surface area contributed by atoms with Gasteiger partial charge in [-0.05, 0) is 67.1 Å². The van der Waals surface area contributed by atoms with Crippen LogP contribution in [0.25, 0.3) is 0 Å². The van der Waals surface area contributed by atoms with Crippen LogP contribution in [0.15, 0.2) is 46.9 Å². The number of aryl methyl sites for hydroxylation is 1. The van der Waals surface area contributed by atoms with E-state index in [0.29, 0.717) is 5.92 Å². The summed E-state index contributed by atoms with van der Waals surface area (Å²) in [6.07, 6.45) is 2.33. The third-order valence-corrected chi connectivity index (χ3v) is 5.01. The monoisotopic (exact) mass is 402 g/mol. The molecule has 1 fully saturated rings. The van der Waals surface area contributed by atoms with E-state index >= 15 is 0 Å². The number of ether oxygens (including phenoxy) is 1. The minimum atomic E-state index is 0.00929. The summed E-state index contributed by atoms with van der Waals surface area (Å²) in [5, 5.41) is 6.40. The normalized spacial score (nSPS) is 14.7. The van der Waals surface area contributed by atoms with Gasteiger partial charge in [0.15, 0.2) is 0 Å². The van der Waals surface area contributed by atoms with Gasteiger partial charge in [0.2, 0.25) is 5.91 Å². The van der Waals surface area contributed by atoms with Crippen LogP contribution in [0.1, 0.15) is 30.0 Å². The van der Waals surface area contributed by atoms with Crippen LogP contribution in [-0.2, 0) is 4.79 Å². The summed E-state index contributed by atoms with van der Waals surface area (Å²) in [7, 11) is 1.66. The number of hydrogen-bond donors (Lipinski definition) is 2. The summed E-state index contributed by atoms with van der Waals surface area (Å²) >= 11 is 3.45. The molecule has 4 nitrogen and oxygen atoms in total. The van der Waals surface area contributed by atoms with Crippen LogP contribution in [-0.4, -0.2) is 19.6 Å². The Balaban J connectivity index is 1.61. The number of anilines is 1. The van der Waals surface area contributed by atoms with Gasteiger partial charge in [-0.25, -0.2) is 0 Å². The van der Waals surface area contributed by atoms with E-state index in [1.807, 2.05) is 49.4 Å². The van der Waals surface area contributed by atoms with Gasteiger partial charge in [0.25, 0.3) is 0 Å². The van der Waals surface area contributed by atoms with Crippen molar-refractivity contribution in [1.29, 1.82) is 0 Å². The van der Waals surface area contributed by atoms with Crippen molar-refractivity contribution in [3.05, 3.63) is 58.1 Å². The molecule has 0 spiro atoms. The van der Waals surface area contributed by atoms with Gasteiger partial charge in [0.1, 0.15) is 5.75 Å². The zero-order valence-corrected chi connectivity index (χ0v) is 16.1. The standard InChI is InChI=1S/C20H23BrN2O2/c1-13-11-16(21)7-10-18(13)22-12-19(24)23-20(14-3-4-14)15-5-8-17(25-2)9-6-15/h5-11,14,20,22H,3-4,12H2,1-2H3,(H,23,24). The molecule has 0 aromatic heterocycles. The summed E-state index contributed by atoms with van der Waals surface area (Å²) in [5.41, 5.74) is 3.22. The summed E-state index contributed by atoms with van der Waals surface area (Å²) in [5.74, 6) is 1.37. The highest BCUT2D eigenvalue weighted by Gasteiger charge is 2.33. The first-order chi connectivity index (χ1) is 12.1. The highest BCUT2D eigenvalue weighted by Crippen LogP contribution is 2.41. The molecule has 25 heavy (non-hydrogen) atoms. The predicted octanol–water partition coefficient (Wildman–Crippen LogP) is 4.45. The van der Waals surface area contributed by atoms with E-state index in [1.54, 1.807) is 7.11 Å². The molecule has 1 saturated carbocycles. The minimum Gasteiger partial charge on any atom is -0.497 e. The Morgan fingerprint density at radius 2 is 1.96 bits per heavy atom. The third-order valence-electron chi connectivity index (χ3n) is 4.51. The van der Waals surface area contributed by atoms with Gasteiger partial charge in [-0.3, -0.25) is 4.79 Å². The molecule has 1 amide bonds. The lowest BCUT2D eigenvalue weighted by atomic mass is 10.0. The molecule has 5 heteroatoms. The fourth-order valence-electron chi connectivity index (χ4n) is 2.94. The number of methoxy groups -OCH3 is 1. The van der Waals surface area contributed by atoms with Gasteiger partial charge in [0, 0.05) is 10.2 Å². The van der Waals surface area contributed by atoms with Crippen molar-refractivity contribution in [2.24, 2.45) is 5.92 Å². The number of benzene rings is 2. The van der Waals surface area contributed by atoms with E-state index in [4.69, 9.17) is 4.74 Å². The smallest absolute Gasteiger partial charge is 0.239 e. The summed E-state index contributed by atoms with van der Waals surface area (Å²) in [4.78, 5) is 12.4. The number of amides is 1. The molecule has 1 aliphatic rings. The molecule has 0 heterocycles. The maximum Gasteiger partial charge on any atom is 0.239 e. The lowest BCUT2D eigenvalue weighted by molar-refractivity contribution is -0.120. The maximum absolute atomic E-state index is 12.4. The van der Waals surface area contributed by atoms with Gasteiger partial charge in [-0.15, -0.1) is 0 Å².